The van der Waals surface area contributed by atoms with Crippen LogP contribution in [0, 0.1) is 5.82 Å². The van der Waals surface area contributed by atoms with Crippen molar-refractivity contribution in [1.82, 2.24) is 19.7 Å². The number of carbonyl (C=O) groups is 1. The number of hydrogen-bond acceptors (Lipinski definition) is 3. The fourth-order valence-electron chi connectivity index (χ4n) is 3.51. The van der Waals surface area contributed by atoms with Crippen LogP contribution < -0.4 is 0 Å². The van der Waals surface area contributed by atoms with Gasteiger partial charge in [0, 0.05) is 30.1 Å². The fourth-order valence-corrected chi connectivity index (χ4v) is 4.01. The molecule has 1 saturated heterocycles. The van der Waals surface area contributed by atoms with E-state index in [9.17, 15) is 9.18 Å². The van der Waals surface area contributed by atoms with Gasteiger partial charge in [0.2, 0.25) is 5.91 Å². The van der Waals surface area contributed by atoms with E-state index in [-0.39, 0.29) is 21.9 Å². The van der Waals surface area contributed by atoms with Crippen LogP contribution in [0.5, 0.6) is 0 Å². The minimum Gasteiger partial charge on any atom is -0.339 e. The zero-order valence-electron chi connectivity index (χ0n) is 13.8. The van der Waals surface area contributed by atoms with Gasteiger partial charge in [-0.05, 0) is 40.9 Å². The van der Waals surface area contributed by atoms with Crippen molar-refractivity contribution < 1.29 is 9.18 Å². The maximum Gasteiger partial charge on any atom is 0.245 e. The lowest BCUT2D eigenvalue weighted by atomic mass is 10.0. The first-order valence-corrected chi connectivity index (χ1v) is 9.39. The molecule has 2 aromatic heterocycles. The molecule has 134 valence electrons. The largest absolute Gasteiger partial charge is 0.339 e. The van der Waals surface area contributed by atoms with E-state index >= 15 is 0 Å². The minimum absolute atomic E-state index is 0.0536. The molecule has 0 spiro atoms. The van der Waals surface area contributed by atoms with Gasteiger partial charge in [-0.25, -0.2) is 4.39 Å². The lowest BCUT2D eigenvalue weighted by molar-refractivity contribution is -0.127. The van der Waals surface area contributed by atoms with Crippen LogP contribution >= 0.6 is 27.5 Å². The van der Waals surface area contributed by atoms with E-state index in [1.165, 1.54) is 6.08 Å². The van der Waals surface area contributed by atoms with Gasteiger partial charge in [0.15, 0.2) is 5.82 Å². The number of pyridine rings is 1. The molecule has 3 heterocycles. The summed E-state index contributed by atoms with van der Waals surface area (Å²) < 4.78 is 16.7. The predicted octanol–water partition coefficient (Wildman–Crippen LogP) is 4.49. The van der Waals surface area contributed by atoms with E-state index < -0.39 is 5.82 Å². The van der Waals surface area contributed by atoms with Gasteiger partial charge in [-0.3, -0.25) is 14.5 Å². The summed E-state index contributed by atoms with van der Waals surface area (Å²) in [5.74, 6) is -0.532. The molecule has 1 aliphatic heterocycles. The smallest absolute Gasteiger partial charge is 0.245 e. The number of likely N-dealkylation sites (tertiary alicyclic amines) is 1. The fraction of sp³-hybridized carbons (Fsp3) is 0.278. The zero-order valence-corrected chi connectivity index (χ0v) is 16.1. The Morgan fingerprint density at radius 3 is 2.81 bits per heavy atom. The lowest BCUT2D eigenvalue weighted by Gasteiger charge is -2.31. The van der Waals surface area contributed by atoms with Crippen LogP contribution in [0.15, 0.2) is 35.6 Å². The van der Waals surface area contributed by atoms with E-state index in [0.29, 0.717) is 23.5 Å². The summed E-state index contributed by atoms with van der Waals surface area (Å²) in [5, 5.41) is 6.28. The number of fused-ring (bicyclic) bond motifs is 3. The van der Waals surface area contributed by atoms with Crippen molar-refractivity contribution in [3.8, 4) is 0 Å². The van der Waals surface area contributed by atoms with Gasteiger partial charge in [-0.1, -0.05) is 18.2 Å². The van der Waals surface area contributed by atoms with Crippen molar-refractivity contribution in [3.05, 3.63) is 46.4 Å². The molecule has 0 unspecified atom stereocenters. The zero-order chi connectivity index (χ0) is 18.4. The highest BCUT2D eigenvalue weighted by Crippen LogP contribution is 2.36. The van der Waals surface area contributed by atoms with Crippen molar-refractivity contribution in [1.29, 1.82) is 0 Å². The van der Waals surface area contributed by atoms with Crippen LogP contribution in [0.1, 0.15) is 18.9 Å². The topological polar surface area (TPSA) is 51.0 Å². The number of amides is 1. The standard InChI is InChI=1S/C18H15BrClFN4O/c1-2-14(26)24-5-3-11(4-6-24)25-18-10(9-23-25)8-22-17-12(18)7-13(20)15(19)16(17)21/h2,7-9,11H,1,3-6H2. The molecule has 0 aliphatic carbocycles. The number of halogens is 3. The molecule has 0 saturated carbocycles. The van der Waals surface area contributed by atoms with Crippen molar-refractivity contribution in [2.45, 2.75) is 18.9 Å². The molecule has 0 bridgehead atoms. The molecule has 1 aromatic carbocycles. The quantitative estimate of drug-likeness (QED) is 0.438. The van der Waals surface area contributed by atoms with Gasteiger partial charge in [0.25, 0.3) is 0 Å². The van der Waals surface area contributed by atoms with Crippen LogP contribution in [-0.2, 0) is 4.79 Å². The SMILES string of the molecule is C=CC(=O)N1CCC(n2ncc3cnc4c(F)c(Br)c(Cl)cc4c32)CC1. The Morgan fingerprint density at radius 1 is 1.38 bits per heavy atom. The average Bonchev–Trinajstić information content (AvgIpc) is 3.10. The highest BCUT2D eigenvalue weighted by molar-refractivity contribution is 9.10. The Kier molecular flexibility index (Phi) is 4.44. The molecule has 26 heavy (non-hydrogen) atoms. The van der Waals surface area contributed by atoms with Crippen LogP contribution in [0.25, 0.3) is 21.8 Å². The van der Waals surface area contributed by atoms with Gasteiger partial charge in [-0.2, -0.15) is 5.10 Å². The Bertz CT molecular complexity index is 1040. The first-order valence-electron chi connectivity index (χ1n) is 8.22. The molecule has 8 heteroatoms. The second kappa shape index (κ2) is 6.63. The molecular weight excluding hydrogens is 423 g/mol. The summed E-state index contributed by atoms with van der Waals surface area (Å²) in [6.45, 7) is 4.81. The summed E-state index contributed by atoms with van der Waals surface area (Å²) in [4.78, 5) is 17.8. The van der Waals surface area contributed by atoms with Crippen molar-refractivity contribution >= 4 is 55.2 Å². The Balaban J connectivity index is 1.80. The first-order chi connectivity index (χ1) is 12.5. The Labute approximate surface area is 162 Å². The van der Waals surface area contributed by atoms with Gasteiger partial charge < -0.3 is 4.90 Å². The van der Waals surface area contributed by atoms with Crippen LogP contribution in [0.3, 0.4) is 0 Å². The van der Waals surface area contributed by atoms with Crippen LogP contribution in [0.2, 0.25) is 5.02 Å². The number of piperidine rings is 1. The molecule has 1 fully saturated rings. The molecule has 3 aromatic rings. The number of hydrogen-bond donors (Lipinski definition) is 0. The summed E-state index contributed by atoms with van der Waals surface area (Å²) in [5.41, 5.74) is 1.08. The van der Waals surface area contributed by atoms with Crippen molar-refractivity contribution in [3.63, 3.8) is 0 Å². The highest BCUT2D eigenvalue weighted by atomic mass is 79.9. The van der Waals surface area contributed by atoms with E-state index in [1.54, 1.807) is 23.4 Å². The molecule has 0 N–H and O–H groups in total. The summed E-state index contributed by atoms with van der Waals surface area (Å²) in [7, 11) is 0. The molecule has 4 rings (SSSR count). The van der Waals surface area contributed by atoms with E-state index in [0.717, 1.165) is 23.7 Å². The molecule has 1 amide bonds. The van der Waals surface area contributed by atoms with E-state index in [4.69, 9.17) is 11.6 Å². The summed E-state index contributed by atoms with van der Waals surface area (Å²) >= 11 is 9.33. The third-order valence-corrected chi connectivity index (χ3v) is 6.15. The Morgan fingerprint density at radius 2 is 2.12 bits per heavy atom. The molecule has 5 nitrogen and oxygen atoms in total. The van der Waals surface area contributed by atoms with E-state index in [2.05, 4.69) is 32.6 Å². The third-order valence-electron chi connectivity index (χ3n) is 4.84. The van der Waals surface area contributed by atoms with Gasteiger partial charge in [0.1, 0.15) is 5.52 Å². The maximum absolute atomic E-state index is 14.6. The van der Waals surface area contributed by atoms with E-state index in [1.807, 2.05) is 4.68 Å². The molecular formula is C18H15BrClFN4O. The van der Waals surface area contributed by atoms with Gasteiger partial charge in [0.05, 0.1) is 27.3 Å². The number of carbonyl (C=O) groups excluding carboxylic acids is 1. The van der Waals surface area contributed by atoms with Crippen molar-refractivity contribution in [2.75, 3.05) is 13.1 Å². The predicted molar refractivity (Wildman–Crippen MR) is 103 cm³/mol. The summed E-state index contributed by atoms with van der Waals surface area (Å²) in [6.07, 6.45) is 6.24. The normalized spacial score (nSPS) is 15.7. The summed E-state index contributed by atoms with van der Waals surface area (Å²) in [6, 6.07) is 1.84. The Hall–Kier alpha value is -1.99. The van der Waals surface area contributed by atoms with Gasteiger partial charge in [-0.15, -0.1) is 0 Å². The number of benzene rings is 1. The van der Waals surface area contributed by atoms with Crippen LogP contribution in [0.4, 0.5) is 4.39 Å². The third kappa shape index (κ3) is 2.70. The molecule has 0 atom stereocenters. The first kappa shape index (κ1) is 17.4. The highest BCUT2D eigenvalue weighted by Gasteiger charge is 2.25. The van der Waals surface area contributed by atoms with Crippen LogP contribution in [-0.4, -0.2) is 38.7 Å². The minimum atomic E-state index is -0.478. The van der Waals surface area contributed by atoms with Crippen molar-refractivity contribution in [2.24, 2.45) is 0 Å². The maximum atomic E-state index is 14.6. The van der Waals surface area contributed by atoms with Gasteiger partial charge >= 0.3 is 0 Å². The molecule has 1 aliphatic rings. The average molecular weight is 438 g/mol. The monoisotopic (exact) mass is 436 g/mol. The lowest BCUT2D eigenvalue weighted by Crippen LogP contribution is -2.38. The number of nitrogens with zero attached hydrogens (tertiary/aromatic N) is 4. The number of rotatable bonds is 2. The second-order valence-corrected chi connectivity index (χ2v) is 7.49. The molecule has 0 radical (unpaired) electrons. The number of aromatic nitrogens is 3. The second-order valence-electron chi connectivity index (χ2n) is 6.29.